The minimum absolute atomic E-state index is 0.144. The molecule has 0 nitrogen and oxygen atoms in total. The van der Waals surface area contributed by atoms with Gasteiger partial charge in [-0.3, -0.25) is 0 Å². The molecule has 1 aromatic rings. The summed E-state index contributed by atoms with van der Waals surface area (Å²) >= 11 is 6.39. The monoisotopic (exact) mass is 290 g/mol. The minimum atomic E-state index is -0.175. The van der Waals surface area contributed by atoms with Crippen LogP contribution in [0.5, 0.6) is 0 Å². The van der Waals surface area contributed by atoms with Gasteiger partial charge in [0.05, 0.1) is 0 Å². The first-order valence-electron chi connectivity index (χ1n) is 7.55. The molecule has 2 aliphatic rings. The fourth-order valence-electron chi connectivity index (χ4n) is 3.84. The van der Waals surface area contributed by atoms with E-state index in [0.29, 0.717) is 5.02 Å². The molecule has 0 unspecified atom stereocenters. The fourth-order valence-corrected chi connectivity index (χ4v) is 4.19. The van der Waals surface area contributed by atoms with Gasteiger partial charge in [0.15, 0.2) is 0 Å². The third-order valence-corrected chi connectivity index (χ3v) is 5.09. The van der Waals surface area contributed by atoms with Gasteiger partial charge in [-0.2, -0.15) is 0 Å². The Morgan fingerprint density at radius 2 is 1.90 bits per heavy atom. The van der Waals surface area contributed by atoms with E-state index in [1.807, 2.05) is 6.07 Å². The molecule has 2 aliphatic carbocycles. The molecule has 0 heterocycles. The van der Waals surface area contributed by atoms with Crippen molar-refractivity contribution in [2.45, 2.75) is 50.4 Å². The summed E-state index contributed by atoms with van der Waals surface area (Å²) in [7, 11) is 0. The topological polar surface area (TPSA) is 0 Å². The summed E-state index contributed by atoms with van der Waals surface area (Å²) < 4.78 is 14.5. The van der Waals surface area contributed by atoms with Gasteiger partial charge in [-0.1, -0.05) is 60.7 Å². The Hall–Kier alpha value is -1.08. The van der Waals surface area contributed by atoms with Crippen molar-refractivity contribution >= 4 is 11.6 Å². The van der Waals surface area contributed by atoms with Crippen LogP contribution in [-0.2, 0) is 5.41 Å². The van der Waals surface area contributed by atoms with Crippen LogP contribution in [0.25, 0.3) is 0 Å². The number of allylic oxidation sites excluding steroid dienone is 4. The lowest BCUT2D eigenvalue weighted by atomic mass is 9.63. The summed E-state index contributed by atoms with van der Waals surface area (Å²) in [5.74, 6) is -0.144. The van der Waals surface area contributed by atoms with E-state index in [1.54, 1.807) is 12.1 Å². The van der Waals surface area contributed by atoms with E-state index in [2.05, 4.69) is 18.2 Å². The molecule has 0 radical (unpaired) electrons. The largest absolute Gasteiger partial charge is 0.207 e. The van der Waals surface area contributed by atoms with Gasteiger partial charge < -0.3 is 0 Å². The highest BCUT2D eigenvalue weighted by atomic mass is 35.5. The lowest BCUT2D eigenvalue weighted by Crippen LogP contribution is -2.33. The zero-order valence-corrected chi connectivity index (χ0v) is 12.4. The van der Waals surface area contributed by atoms with Crippen LogP contribution in [0.1, 0.15) is 50.5 Å². The van der Waals surface area contributed by atoms with E-state index < -0.39 is 0 Å². The summed E-state index contributed by atoms with van der Waals surface area (Å²) in [6.07, 6.45) is 14.2. The normalized spacial score (nSPS) is 21.6. The van der Waals surface area contributed by atoms with Crippen LogP contribution in [0.3, 0.4) is 0 Å². The van der Waals surface area contributed by atoms with Crippen LogP contribution >= 0.6 is 11.6 Å². The molecule has 1 aromatic carbocycles. The van der Waals surface area contributed by atoms with E-state index in [9.17, 15) is 4.39 Å². The molecule has 0 saturated heterocycles. The van der Waals surface area contributed by atoms with Gasteiger partial charge in [0.1, 0.15) is 5.82 Å². The van der Waals surface area contributed by atoms with Crippen molar-refractivity contribution in [1.29, 1.82) is 0 Å². The number of hydrogen-bond acceptors (Lipinski definition) is 0. The van der Waals surface area contributed by atoms with Crippen LogP contribution in [-0.4, -0.2) is 0 Å². The maximum absolute atomic E-state index is 14.5. The second-order valence-electron chi connectivity index (χ2n) is 5.90. The third-order valence-electron chi connectivity index (χ3n) is 4.78. The van der Waals surface area contributed by atoms with Crippen LogP contribution in [0, 0.1) is 5.82 Å². The van der Waals surface area contributed by atoms with Gasteiger partial charge in [-0.05, 0) is 37.8 Å². The quantitative estimate of drug-likeness (QED) is 0.630. The molecule has 0 aromatic heterocycles. The van der Waals surface area contributed by atoms with Crippen LogP contribution in [0.2, 0.25) is 5.02 Å². The molecular formula is C18H20ClF. The number of hydrogen-bond donors (Lipinski definition) is 0. The van der Waals surface area contributed by atoms with Crippen molar-refractivity contribution in [2.24, 2.45) is 0 Å². The van der Waals surface area contributed by atoms with E-state index in [1.165, 1.54) is 12.0 Å². The smallest absolute Gasteiger partial charge is 0.128 e. The highest BCUT2D eigenvalue weighted by Crippen LogP contribution is 2.50. The maximum atomic E-state index is 14.5. The lowest BCUT2D eigenvalue weighted by molar-refractivity contribution is 0.322. The number of benzene rings is 1. The summed E-state index contributed by atoms with van der Waals surface area (Å²) in [5.41, 5.74) is 1.93. The minimum Gasteiger partial charge on any atom is -0.207 e. The molecule has 0 bridgehead atoms. The van der Waals surface area contributed by atoms with E-state index in [0.717, 1.165) is 44.1 Å². The average molecular weight is 291 g/mol. The van der Waals surface area contributed by atoms with Crippen molar-refractivity contribution < 1.29 is 4.39 Å². The Bertz CT molecular complexity index is 530. The molecule has 0 amide bonds. The second kappa shape index (κ2) is 5.73. The van der Waals surface area contributed by atoms with Crippen molar-refractivity contribution in [3.8, 4) is 0 Å². The van der Waals surface area contributed by atoms with Crippen LogP contribution in [0.15, 0.2) is 42.0 Å². The summed E-state index contributed by atoms with van der Waals surface area (Å²) in [5, 5.41) is 0.586. The molecule has 106 valence electrons. The number of rotatable bonds is 2. The van der Waals surface area contributed by atoms with Gasteiger partial charge >= 0.3 is 0 Å². The Kier molecular flexibility index (Phi) is 3.98. The van der Waals surface area contributed by atoms with Gasteiger partial charge in [0.25, 0.3) is 0 Å². The van der Waals surface area contributed by atoms with E-state index in [-0.39, 0.29) is 11.2 Å². The van der Waals surface area contributed by atoms with Gasteiger partial charge in [0, 0.05) is 16.0 Å². The molecule has 0 aliphatic heterocycles. The van der Waals surface area contributed by atoms with E-state index >= 15 is 0 Å². The summed E-state index contributed by atoms with van der Waals surface area (Å²) in [6.45, 7) is 0. The van der Waals surface area contributed by atoms with Crippen LogP contribution < -0.4 is 0 Å². The first kappa shape index (κ1) is 13.9. The molecule has 1 fully saturated rings. The molecule has 20 heavy (non-hydrogen) atoms. The highest BCUT2D eigenvalue weighted by molar-refractivity contribution is 6.31. The predicted octanol–water partition coefficient (Wildman–Crippen LogP) is 5.96. The van der Waals surface area contributed by atoms with Gasteiger partial charge in [-0.15, -0.1) is 0 Å². The average Bonchev–Trinajstić information content (AvgIpc) is 2.49. The molecule has 2 heteroatoms. The third kappa shape index (κ3) is 2.33. The summed E-state index contributed by atoms with van der Waals surface area (Å²) in [4.78, 5) is 0. The van der Waals surface area contributed by atoms with Gasteiger partial charge in [-0.25, -0.2) is 4.39 Å². The Morgan fingerprint density at radius 1 is 1.10 bits per heavy atom. The van der Waals surface area contributed by atoms with Crippen LogP contribution in [0.4, 0.5) is 4.39 Å². The zero-order valence-electron chi connectivity index (χ0n) is 11.7. The second-order valence-corrected chi connectivity index (χ2v) is 6.31. The Labute approximate surface area is 125 Å². The first-order chi connectivity index (χ1) is 9.74. The fraction of sp³-hybridized carbons (Fsp3) is 0.444. The standard InChI is InChI=1S/C18H20ClF/c19-15-10-7-11-16(20)17(15)18(12-5-2-6-13-18)14-8-3-1-4-9-14/h1,3,7-8,10-11H,2,4-6,9,12-13H2. The SMILES string of the molecule is Fc1cccc(Cl)c1C1(C2=CC=CCC2)CCCCC1. The van der Waals surface area contributed by atoms with Crippen molar-refractivity contribution in [2.75, 3.05) is 0 Å². The summed E-state index contributed by atoms with van der Waals surface area (Å²) in [6, 6.07) is 5.08. The molecule has 1 saturated carbocycles. The van der Waals surface area contributed by atoms with Crippen molar-refractivity contribution in [1.82, 2.24) is 0 Å². The molecule has 0 atom stereocenters. The Morgan fingerprint density at radius 3 is 2.55 bits per heavy atom. The van der Waals surface area contributed by atoms with E-state index in [4.69, 9.17) is 11.6 Å². The number of halogens is 2. The predicted molar refractivity (Wildman–Crippen MR) is 82.6 cm³/mol. The molecular weight excluding hydrogens is 271 g/mol. The maximum Gasteiger partial charge on any atom is 0.128 e. The highest BCUT2D eigenvalue weighted by Gasteiger charge is 2.40. The van der Waals surface area contributed by atoms with Gasteiger partial charge in [0.2, 0.25) is 0 Å². The lowest BCUT2D eigenvalue weighted by Gasteiger charge is -2.41. The van der Waals surface area contributed by atoms with Crippen molar-refractivity contribution in [3.05, 3.63) is 58.4 Å². The molecule has 0 spiro atoms. The molecule has 0 N–H and O–H groups in total. The molecule has 3 rings (SSSR count). The Balaban J connectivity index is 2.15. The first-order valence-corrected chi connectivity index (χ1v) is 7.92. The van der Waals surface area contributed by atoms with Crippen molar-refractivity contribution in [3.63, 3.8) is 0 Å². The zero-order chi connectivity index (χ0) is 14.0.